The van der Waals surface area contributed by atoms with E-state index in [0.29, 0.717) is 5.69 Å². The molecule has 0 aromatic carbocycles. The van der Waals surface area contributed by atoms with Crippen molar-refractivity contribution in [3.05, 3.63) is 29.1 Å². The maximum atomic E-state index is 11.0. The van der Waals surface area contributed by atoms with Gasteiger partial charge in [-0.2, -0.15) is 0 Å². The van der Waals surface area contributed by atoms with Crippen LogP contribution in [-0.2, 0) is 9.53 Å². The van der Waals surface area contributed by atoms with Gasteiger partial charge in [0.1, 0.15) is 6.10 Å². The summed E-state index contributed by atoms with van der Waals surface area (Å²) >= 11 is 0. The average molecular weight is 239 g/mol. The summed E-state index contributed by atoms with van der Waals surface area (Å²) in [5, 5.41) is 19.6. The Morgan fingerprint density at radius 2 is 2.12 bits per heavy atom. The Hall–Kier alpha value is -1.46. The molecule has 0 aliphatic carbocycles. The van der Waals surface area contributed by atoms with E-state index in [2.05, 4.69) is 9.72 Å². The molecule has 0 aliphatic heterocycles. The first-order valence-corrected chi connectivity index (χ1v) is 5.31. The third kappa shape index (κ3) is 3.51. The van der Waals surface area contributed by atoms with Crippen molar-refractivity contribution in [3.8, 4) is 0 Å². The largest absolute Gasteiger partial charge is 0.469 e. The second-order valence-electron chi connectivity index (χ2n) is 4.01. The fraction of sp³-hybridized carbons (Fsp3) is 0.500. The van der Waals surface area contributed by atoms with Gasteiger partial charge < -0.3 is 14.9 Å². The van der Waals surface area contributed by atoms with E-state index >= 15 is 0 Å². The minimum absolute atomic E-state index is 0.257. The number of aryl methyl sites for hydroxylation is 2. The van der Waals surface area contributed by atoms with Crippen molar-refractivity contribution in [1.29, 1.82) is 0 Å². The third-order valence-corrected chi connectivity index (χ3v) is 2.50. The summed E-state index contributed by atoms with van der Waals surface area (Å²) in [7, 11) is 1.23. The van der Waals surface area contributed by atoms with Crippen molar-refractivity contribution in [2.45, 2.75) is 32.5 Å². The molecule has 1 aromatic heterocycles. The molecular formula is C12H17NO4. The quantitative estimate of drug-likeness (QED) is 0.754. The zero-order chi connectivity index (χ0) is 13.0. The second-order valence-corrected chi connectivity index (χ2v) is 4.01. The highest BCUT2D eigenvalue weighted by Gasteiger charge is 2.24. The van der Waals surface area contributed by atoms with Gasteiger partial charge in [-0.1, -0.05) is 6.07 Å². The average Bonchev–Trinajstić information content (AvgIpc) is 2.28. The van der Waals surface area contributed by atoms with Gasteiger partial charge in [0.25, 0.3) is 0 Å². The van der Waals surface area contributed by atoms with Crippen LogP contribution in [0.15, 0.2) is 12.3 Å². The van der Waals surface area contributed by atoms with Gasteiger partial charge >= 0.3 is 5.97 Å². The molecule has 0 radical (unpaired) electrons. The predicted octanol–water partition coefficient (Wildman–Crippen LogP) is 0.656. The van der Waals surface area contributed by atoms with Crippen LogP contribution in [0.5, 0.6) is 0 Å². The number of methoxy groups -OCH3 is 1. The fourth-order valence-corrected chi connectivity index (χ4v) is 1.58. The van der Waals surface area contributed by atoms with Gasteiger partial charge in [-0.25, -0.2) is 0 Å². The highest BCUT2D eigenvalue weighted by molar-refractivity contribution is 5.69. The van der Waals surface area contributed by atoms with Crippen molar-refractivity contribution in [2.24, 2.45) is 0 Å². The molecule has 5 heteroatoms. The molecule has 2 unspecified atom stereocenters. The minimum Gasteiger partial charge on any atom is -0.469 e. The summed E-state index contributed by atoms with van der Waals surface area (Å²) in [5.41, 5.74) is 2.13. The molecule has 0 fully saturated rings. The molecule has 0 aliphatic rings. The van der Waals surface area contributed by atoms with Crippen LogP contribution < -0.4 is 0 Å². The Bertz CT molecular complexity index is 405. The van der Waals surface area contributed by atoms with Crippen LogP contribution in [0, 0.1) is 13.8 Å². The van der Waals surface area contributed by atoms with Gasteiger partial charge in [-0.3, -0.25) is 9.78 Å². The van der Waals surface area contributed by atoms with Gasteiger partial charge in [0, 0.05) is 6.20 Å². The van der Waals surface area contributed by atoms with Gasteiger partial charge in [-0.15, -0.1) is 0 Å². The van der Waals surface area contributed by atoms with Crippen molar-refractivity contribution in [2.75, 3.05) is 7.11 Å². The van der Waals surface area contributed by atoms with Gasteiger partial charge in [-0.05, 0) is 25.0 Å². The molecule has 5 nitrogen and oxygen atoms in total. The Morgan fingerprint density at radius 3 is 2.65 bits per heavy atom. The number of rotatable bonds is 4. The number of aliphatic hydroxyl groups excluding tert-OH is 2. The highest BCUT2D eigenvalue weighted by atomic mass is 16.5. The maximum Gasteiger partial charge on any atom is 0.308 e. The number of hydrogen-bond donors (Lipinski definition) is 2. The lowest BCUT2D eigenvalue weighted by atomic mass is 10.0. The summed E-state index contributed by atoms with van der Waals surface area (Å²) in [4.78, 5) is 15.1. The lowest BCUT2D eigenvalue weighted by Gasteiger charge is -2.18. The first-order valence-electron chi connectivity index (χ1n) is 5.31. The van der Waals surface area contributed by atoms with E-state index in [1.165, 1.54) is 7.11 Å². The molecule has 0 spiro atoms. The Kier molecular flexibility index (Phi) is 4.60. The lowest BCUT2D eigenvalue weighted by molar-refractivity contribution is -0.144. The molecule has 1 aromatic rings. The topological polar surface area (TPSA) is 79.7 Å². The number of aliphatic hydroxyl groups is 2. The number of esters is 1. The van der Waals surface area contributed by atoms with Crippen LogP contribution >= 0.6 is 0 Å². The van der Waals surface area contributed by atoms with E-state index < -0.39 is 18.2 Å². The lowest BCUT2D eigenvalue weighted by Crippen LogP contribution is -2.24. The smallest absolute Gasteiger partial charge is 0.308 e. The van der Waals surface area contributed by atoms with Crippen LogP contribution in [0.3, 0.4) is 0 Å². The van der Waals surface area contributed by atoms with Crippen molar-refractivity contribution >= 4 is 5.97 Å². The molecule has 0 saturated carbocycles. The molecule has 94 valence electrons. The summed E-state index contributed by atoms with van der Waals surface area (Å²) < 4.78 is 4.43. The normalized spacial score (nSPS) is 14.2. The van der Waals surface area contributed by atoms with Crippen molar-refractivity contribution < 1.29 is 19.7 Å². The molecule has 0 amide bonds. The number of hydrogen-bond acceptors (Lipinski definition) is 5. The monoisotopic (exact) mass is 239 g/mol. The summed E-state index contributed by atoms with van der Waals surface area (Å²) in [6.45, 7) is 3.68. The number of carbonyl (C=O) groups excluding carboxylic acids is 1. The van der Waals surface area contributed by atoms with E-state index in [9.17, 15) is 15.0 Å². The van der Waals surface area contributed by atoms with E-state index in [4.69, 9.17) is 0 Å². The van der Waals surface area contributed by atoms with Crippen molar-refractivity contribution in [3.63, 3.8) is 0 Å². The zero-order valence-electron chi connectivity index (χ0n) is 10.2. The standard InChI is InChI=1S/C12H17NO4/c1-7-4-8(2)11(13-6-7)12(16)9(14)5-10(15)17-3/h4,6,9,12,14,16H,5H2,1-3H3. The van der Waals surface area contributed by atoms with Crippen LogP contribution in [0.4, 0.5) is 0 Å². The second kappa shape index (κ2) is 5.75. The first kappa shape index (κ1) is 13.6. The molecule has 0 bridgehead atoms. The number of nitrogens with zero attached hydrogens (tertiary/aromatic N) is 1. The number of ether oxygens (including phenoxy) is 1. The summed E-state index contributed by atoms with van der Waals surface area (Å²) in [6, 6.07) is 1.86. The molecule has 1 rings (SSSR count). The molecule has 2 N–H and O–H groups in total. The Balaban J connectivity index is 2.81. The molecular weight excluding hydrogens is 222 g/mol. The SMILES string of the molecule is COC(=O)CC(O)C(O)c1ncc(C)cc1C. The summed E-state index contributed by atoms with van der Waals surface area (Å²) in [6.07, 6.45) is -1.05. The van der Waals surface area contributed by atoms with E-state index in [1.807, 2.05) is 13.0 Å². The number of pyridine rings is 1. The zero-order valence-corrected chi connectivity index (χ0v) is 10.2. The maximum absolute atomic E-state index is 11.0. The van der Waals surface area contributed by atoms with E-state index in [1.54, 1.807) is 13.1 Å². The first-order chi connectivity index (χ1) is 7.95. The van der Waals surface area contributed by atoms with Crippen molar-refractivity contribution in [1.82, 2.24) is 4.98 Å². The Labute approximate surface area is 100 Å². The van der Waals surface area contributed by atoms with Gasteiger partial charge in [0.2, 0.25) is 0 Å². The number of aromatic nitrogens is 1. The van der Waals surface area contributed by atoms with Crippen LogP contribution in [0.1, 0.15) is 29.3 Å². The fourth-order valence-electron chi connectivity index (χ4n) is 1.58. The Morgan fingerprint density at radius 1 is 1.47 bits per heavy atom. The van der Waals surface area contributed by atoms with E-state index in [-0.39, 0.29) is 6.42 Å². The van der Waals surface area contributed by atoms with Crippen LogP contribution in [0.25, 0.3) is 0 Å². The molecule has 2 atom stereocenters. The molecule has 17 heavy (non-hydrogen) atoms. The van der Waals surface area contributed by atoms with E-state index in [0.717, 1.165) is 11.1 Å². The minimum atomic E-state index is -1.21. The van der Waals surface area contributed by atoms with Crippen LogP contribution in [-0.4, -0.2) is 34.4 Å². The van der Waals surface area contributed by atoms with Gasteiger partial charge in [0.05, 0.1) is 25.3 Å². The van der Waals surface area contributed by atoms with Gasteiger partial charge in [0.15, 0.2) is 0 Å². The van der Waals surface area contributed by atoms with Crippen LogP contribution in [0.2, 0.25) is 0 Å². The molecule has 1 heterocycles. The number of carbonyl (C=O) groups is 1. The third-order valence-electron chi connectivity index (χ3n) is 2.50. The summed E-state index contributed by atoms with van der Waals surface area (Å²) in [5.74, 6) is -0.568. The molecule has 0 saturated heterocycles. The highest BCUT2D eigenvalue weighted by Crippen LogP contribution is 2.21. The predicted molar refractivity (Wildman–Crippen MR) is 61.3 cm³/mol.